The molecule has 2 N–H and O–H groups in total. The summed E-state index contributed by atoms with van der Waals surface area (Å²) in [5, 5.41) is 5.42. The topological polar surface area (TPSA) is 27.8 Å². The van der Waals surface area contributed by atoms with E-state index in [4.69, 9.17) is 0 Å². The number of hydrogen-bond acceptors (Lipinski definition) is 1. The van der Waals surface area contributed by atoms with E-state index >= 15 is 0 Å². The Hall–Kier alpha value is -2.06. The van der Waals surface area contributed by atoms with Crippen LogP contribution in [0.1, 0.15) is 62.2 Å². The molecule has 1 unspecified atom stereocenters. The molecule has 0 aliphatic heterocycles. The molecule has 1 heterocycles. The number of aromatic amines is 1. The van der Waals surface area contributed by atoms with Crippen LogP contribution in [0.4, 0.5) is 0 Å². The van der Waals surface area contributed by atoms with E-state index in [0.717, 1.165) is 0 Å². The first-order valence-corrected chi connectivity index (χ1v) is 10.3. The number of rotatable bonds is 3. The third-order valence-electron chi connectivity index (χ3n) is 6.36. The summed E-state index contributed by atoms with van der Waals surface area (Å²) in [5.41, 5.74) is 6.94. The van der Waals surface area contributed by atoms with E-state index in [2.05, 4.69) is 58.8 Å². The zero-order valence-electron chi connectivity index (χ0n) is 15.4. The molecule has 2 nitrogen and oxygen atoms in total. The summed E-state index contributed by atoms with van der Waals surface area (Å²) in [7, 11) is 0. The largest absolute Gasteiger partial charge is 0.357 e. The number of benzene rings is 2. The molecule has 2 aliphatic carbocycles. The van der Waals surface area contributed by atoms with Gasteiger partial charge in [0.05, 0.1) is 0 Å². The highest BCUT2D eigenvalue weighted by Crippen LogP contribution is 2.37. The summed E-state index contributed by atoms with van der Waals surface area (Å²) < 4.78 is 0. The predicted molar refractivity (Wildman–Crippen MR) is 109 cm³/mol. The van der Waals surface area contributed by atoms with Crippen LogP contribution in [0.3, 0.4) is 0 Å². The molecular formula is C24H28N2. The second-order valence-electron chi connectivity index (χ2n) is 8.09. The molecule has 0 spiro atoms. The Morgan fingerprint density at radius 1 is 0.808 bits per heavy atom. The van der Waals surface area contributed by atoms with Gasteiger partial charge in [0.25, 0.3) is 0 Å². The number of aryl methyl sites for hydroxylation is 1. The van der Waals surface area contributed by atoms with Gasteiger partial charge in [-0.15, -0.1) is 0 Å². The second kappa shape index (κ2) is 6.92. The highest BCUT2D eigenvalue weighted by molar-refractivity contribution is 5.89. The van der Waals surface area contributed by atoms with Crippen LogP contribution in [-0.2, 0) is 6.42 Å². The molecule has 2 aromatic carbocycles. The standard InChI is InChI=1S/C24H28N2/c1-3-8-17(9-4-1)18-14-15-22-21(16-18)20-12-7-13-23(24(20)26-22)25-19-10-5-2-6-11-19/h1,3-4,8-9,14-16,19,23,25-26H,2,5-7,10-13H2. The van der Waals surface area contributed by atoms with Crippen LogP contribution in [0.5, 0.6) is 0 Å². The average molecular weight is 345 g/mol. The monoisotopic (exact) mass is 344 g/mol. The summed E-state index contributed by atoms with van der Waals surface area (Å²) >= 11 is 0. The SMILES string of the molecule is c1ccc(-c2ccc3[nH]c4c(c3c2)CCCC4NC2CCCCC2)cc1. The van der Waals surface area contributed by atoms with Crippen molar-refractivity contribution in [3.63, 3.8) is 0 Å². The van der Waals surface area contributed by atoms with Gasteiger partial charge in [-0.2, -0.15) is 0 Å². The number of aromatic nitrogens is 1. The third-order valence-corrected chi connectivity index (χ3v) is 6.36. The summed E-state index contributed by atoms with van der Waals surface area (Å²) in [6, 6.07) is 18.9. The van der Waals surface area contributed by atoms with Crippen molar-refractivity contribution >= 4 is 10.9 Å². The van der Waals surface area contributed by atoms with E-state index in [9.17, 15) is 0 Å². The van der Waals surface area contributed by atoms with Crippen molar-refractivity contribution in [2.45, 2.75) is 63.5 Å². The quantitative estimate of drug-likeness (QED) is 0.587. The number of fused-ring (bicyclic) bond motifs is 3. The maximum Gasteiger partial charge on any atom is 0.0478 e. The zero-order chi connectivity index (χ0) is 17.3. The van der Waals surface area contributed by atoms with Gasteiger partial charge in [0, 0.05) is 28.7 Å². The lowest BCUT2D eigenvalue weighted by Crippen LogP contribution is -2.36. The summed E-state index contributed by atoms with van der Waals surface area (Å²) in [4.78, 5) is 3.77. The third kappa shape index (κ3) is 2.97. The highest BCUT2D eigenvalue weighted by atomic mass is 15.0. The van der Waals surface area contributed by atoms with E-state index in [0.29, 0.717) is 12.1 Å². The molecule has 5 rings (SSSR count). The highest BCUT2D eigenvalue weighted by Gasteiger charge is 2.26. The Morgan fingerprint density at radius 3 is 2.50 bits per heavy atom. The average Bonchev–Trinajstić information content (AvgIpc) is 3.08. The van der Waals surface area contributed by atoms with Gasteiger partial charge < -0.3 is 10.3 Å². The summed E-state index contributed by atoms with van der Waals surface area (Å²) in [6.45, 7) is 0. The van der Waals surface area contributed by atoms with Crippen molar-refractivity contribution in [3.05, 3.63) is 59.8 Å². The van der Waals surface area contributed by atoms with Gasteiger partial charge in [-0.05, 0) is 60.9 Å². The van der Waals surface area contributed by atoms with Crippen molar-refractivity contribution < 1.29 is 0 Å². The van der Waals surface area contributed by atoms with Gasteiger partial charge in [-0.3, -0.25) is 0 Å². The minimum Gasteiger partial charge on any atom is -0.357 e. The number of H-pyrrole nitrogens is 1. The lowest BCUT2D eigenvalue weighted by molar-refractivity contribution is 0.318. The fourth-order valence-electron chi connectivity index (χ4n) is 4.99. The molecule has 1 aromatic heterocycles. The lowest BCUT2D eigenvalue weighted by Gasteiger charge is -2.31. The van der Waals surface area contributed by atoms with Crippen LogP contribution >= 0.6 is 0 Å². The Morgan fingerprint density at radius 2 is 1.65 bits per heavy atom. The Balaban J connectivity index is 1.49. The molecule has 1 atom stereocenters. The normalized spacial score (nSPS) is 21.0. The zero-order valence-corrected chi connectivity index (χ0v) is 15.4. The number of hydrogen-bond donors (Lipinski definition) is 2. The predicted octanol–water partition coefficient (Wildman–Crippen LogP) is 6.13. The van der Waals surface area contributed by atoms with E-state index in [1.54, 1.807) is 5.56 Å². The maximum atomic E-state index is 3.99. The van der Waals surface area contributed by atoms with Crippen molar-refractivity contribution in [1.29, 1.82) is 0 Å². The van der Waals surface area contributed by atoms with E-state index < -0.39 is 0 Å². The smallest absolute Gasteiger partial charge is 0.0478 e. The second-order valence-corrected chi connectivity index (χ2v) is 8.09. The molecule has 2 heteroatoms. The molecule has 0 bridgehead atoms. The molecular weight excluding hydrogens is 316 g/mol. The van der Waals surface area contributed by atoms with Crippen molar-refractivity contribution in [3.8, 4) is 11.1 Å². The molecule has 1 saturated carbocycles. The fourth-order valence-corrected chi connectivity index (χ4v) is 4.99. The molecule has 1 fully saturated rings. The van der Waals surface area contributed by atoms with E-state index in [1.807, 2.05) is 0 Å². The van der Waals surface area contributed by atoms with Gasteiger partial charge in [0.1, 0.15) is 0 Å². The lowest BCUT2D eigenvalue weighted by atomic mass is 9.88. The number of nitrogens with one attached hydrogen (secondary N) is 2. The fraction of sp³-hybridized carbons (Fsp3) is 0.417. The Bertz CT molecular complexity index is 887. The van der Waals surface area contributed by atoms with Gasteiger partial charge in [-0.1, -0.05) is 55.7 Å². The maximum absolute atomic E-state index is 3.99. The molecule has 134 valence electrons. The molecule has 26 heavy (non-hydrogen) atoms. The van der Waals surface area contributed by atoms with Crippen LogP contribution in [0, 0.1) is 0 Å². The first kappa shape index (κ1) is 16.1. The summed E-state index contributed by atoms with van der Waals surface area (Å²) in [5.74, 6) is 0. The minimum atomic E-state index is 0.509. The molecule has 0 saturated heterocycles. The first-order chi connectivity index (χ1) is 12.9. The van der Waals surface area contributed by atoms with Gasteiger partial charge >= 0.3 is 0 Å². The van der Waals surface area contributed by atoms with Crippen molar-refractivity contribution in [1.82, 2.24) is 10.3 Å². The molecule has 0 amide bonds. The van der Waals surface area contributed by atoms with Gasteiger partial charge in [0.2, 0.25) is 0 Å². The molecule has 0 radical (unpaired) electrons. The van der Waals surface area contributed by atoms with Crippen LogP contribution in [0.2, 0.25) is 0 Å². The molecule has 3 aromatic rings. The summed E-state index contributed by atoms with van der Waals surface area (Å²) in [6.07, 6.45) is 10.7. The Labute approximate surface area is 156 Å². The minimum absolute atomic E-state index is 0.509. The van der Waals surface area contributed by atoms with E-state index in [1.165, 1.54) is 79.1 Å². The first-order valence-electron chi connectivity index (χ1n) is 10.3. The van der Waals surface area contributed by atoms with Gasteiger partial charge in [0.15, 0.2) is 0 Å². The molecule has 2 aliphatic rings. The van der Waals surface area contributed by atoms with Crippen LogP contribution in [0.25, 0.3) is 22.0 Å². The van der Waals surface area contributed by atoms with E-state index in [-0.39, 0.29) is 0 Å². The van der Waals surface area contributed by atoms with Crippen LogP contribution in [0.15, 0.2) is 48.5 Å². The van der Waals surface area contributed by atoms with Crippen LogP contribution in [-0.4, -0.2) is 11.0 Å². The van der Waals surface area contributed by atoms with Gasteiger partial charge in [-0.25, -0.2) is 0 Å². The van der Waals surface area contributed by atoms with Crippen molar-refractivity contribution in [2.75, 3.05) is 0 Å². The van der Waals surface area contributed by atoms with Crippen molar-refractivity contribution in [2.24, 2.45) is 0 Å². The van der Waals surface area contributed by atoms with Crippen LogP contribution < -0.4 is 5.32 Å². The Kier molecular flexibility index (Phi) is 4.30.